The number of carbonyl (C=O) groups is 2. The van der Waals surface area contributed by atoms with Gasteiger partial charge >= 0.3 is 5.97 Å². The summed E-state index contributed by atoms with van der Waals surface area (Å²) in [5, 5.41) is 7.15. The van der Waals surface area contributed by atoms with E-state index >= 15 is 0 Å². The number of hydrogen-bond acceptors (Lipinski definition) is 8. The zero-order valence-electron chi connectivity index (χ0n) is 18.3. The van der Waals surface area contributed by atoms with Crippen molar-refractivity contribution in [3.8, 4) is 11.5 Å². The molecule has 1 aliphatic heterocycles. The lowest BCUT2D eigenvalue weighted by molar-refractivity contribution is -0.142. The van der Waals surface area contributed by atoms with Gasteiger partial charge in [0, 0.05) is 17.7 Å². The lowest BCUT2D eigenvalue weighted by Gasteiger charge is -2.11. The van der Waals surface area contributed by atoms with Gasteiger partial charge in [-0.25, -0.2) is 17.9 Å². The third-order valence-corrected chi connectivity index (χ3v) is 7.16. The summed E-state index contributed by atoms with van der Waals surface area (Å²) >= 11 is 6.37. The number of ether oxygens (including phenoxy) is 3. The molecule has 1 saturated heterocycles. The normalized spacial score (nSPS) is 17.2. The quantitative estimate of drug-likeness (QED) is 0.435. The average Bonchev–Trinajstić information content (AvgIpc) is 3.28. The third-order valence-electron chi connectivity index (χ3n) is 5.04. The Balaban J connectivity index is 1.59. The molecule has 1 amide bonds. The topological polar surface area (TPSA) is 126 Å². The highest BCUT2D eigenvalue weighted by atomic mass is 35.5. The van der Waals surface area contributed by atoms with Gasteiger partial charge in [0.25, 0.3) is 5.91 Å². The van der Waals surface area contributed by atoms with Crippen LogP contribution in [0.15, 0.2) is 24.3 Å². The molecule has 1 aromatic heterocycles. The highest BCUT2D eigenvalue weighted by Crippen LogP contribution is 2.31. The summed E-state index contributed by atoms with van der Waals surface area (Å²) in [6, 6.07) is 4.56. The Hall–Kier alpha value is -3.05. The Labute approximate surface area is 196 Å². The number of benzene rings is 1. The Morgan fingerprint density at radius 1 is 1.30 bits per heavy atom. The zero-order chi connectivity index (χ0) is 24.2. The van der Waals surface area contributed by atoms with Crippen molar-refractivity contribution >= 4 is 45.1 Å². The summed E-state index contributed by atoms with van der Waals surface area (Å²) in [6.07, 6.45) is 2.99. The van der Waals surface area contributed by atoms with E-state index in [0.717, 1.165) is 6.08 Å². The number of nitrogens with one attached hydrogen (secondary N) is 1. The number of hydrogen-bond donors (Lipinski definition) is 1. The molecule has 1 N–H and O–H groups in total. The number of aryl methyl sites for hydroxylation is 1. The number of anilines is 1. The van der Waals surface area contributed by atoms with Crippen molar-refractivity contribution in [2.75, 3.05) is 37.6 Å². The van der Waals surface area contributed by atoms with E-state index in [-0.39, 0.29) is 22.7 Å². The lowest BCUT2D eigenvalue weighted by atomic mass is 10.2. The second kappa shape index (κ2) is 10.3. The molecule has 0 spiro atoms. The van der Waals surface area contributed by atoms with Crippen molar-refractivity contribution in [3.63, 3.8) is 0 Å². The summed E-state index contributed by atoms with van der Waals surface area (Å²) in [4.78, 5) is 24.3. The van der Waals surface area contributed by atoms with Crippen LogP contribution in [-0.4, -0.2) is 62.4 Å². The molecule has 0 unspecified atom stereocenters. The number of nitrogens with zero attached hydrogens (tertiary/aromatic N) is 2. The van der Waals surface area contributed by atoms with E-state index in [2.05, 4.69) is 10.4 Å². The van der Waals surface area contributed by atoms with Gasteiger partial charge in [-0.05, 0) is 31.6 Å². The molecular formula is C21H24ClN3O7S. The highest BCUT2D eigenvalue weighted by molar-refractivity contribution is 7.91. The van der Waals surface area contributed by atoms with E-state index in [1.807, 2.05) is 0 Å². The Bertz CT molecular complexity index is 1190. The minimum atomic E-state index is -3.10. The van der Waals surface area contributed by atoms with Crippen LogP contribution in [0.3, 0.4) is 0 Å². The fourth-order valence-corrected chi connectivity index (χ4v) is 5.43. The predicted molar refractivity (Wildman–Crippen MR) is 122 cm³/mol. The molecule has 10 nitrogen and oxygen atoms in total. The Morgan fingerprint density at radius 2 is 2.06 bits per heavy atom. The molecule has 0 radical (unpaired) electrons. The molecule has 0 saturated carbocycles. The first-order valence-electron chi connectivity index (χ1n) is 9.95. The van der Waals surface area contributed by atoms with Crippen molar-refractivity contribution in [2.24, 2.45) is 0 Å². The maximum absolute atomic E-state index is 12.2. The molecule has 0 bridgehead atoms. The van der Waals surface area contributed by atoms with Crippen molar-refractivity contribution in [1.29, 1.82) is 0 Å². The number of carbonyl (C=O) groups excluding carboxylic acids is 2. The number of sulfone groups is 1. The van der Waals surface area contributed by atoms with E-state index in [1.54, 1.807) is 25.1 Å². The second-order valence-electron chi connectivity index (χ2n) is 7.35. The molecule has 1 fully saturated rings. The molecule has 1 aliphatic rings. The summed E-state index contributed by atoms with van der Waals surface area (Å²) in [6.45, 7) is 1.18. The van der Waals surface area contributed by atoms with Gasteiger partial charge in [0.1, 0.15) is 16.7 Å². The SMILES string of the molecule is COc1ccc(OC)c(NC(=O)COC(=O)/C=C/c2c(C)nn([C@@H]3CCS(=O)(=O)C3)c2Cl)c1. The summed E-state index contributed by atoms with van der Waals surface area (Å²) in [7, 11) is -0.144. The smallest absolute Gasteiger partial charge is 0.331 e. The van der Waals surface area contributed by atoms with E-state index in [4.69, 9.17) is 25.8 Å². The fraction of sp³-hybridized carbons (Fsp3) is 0.381. The van der Waals surface area contributed by atoms with Gasteiger partial charge in [0.15, 0.2) is 16.4 Å². The number of aromatic nitrogens is 2. The van der Waals surface area contributed by atoms with Crippen molar-refractivity contribution in [1.82, 2.24) is 9.78 Å². The summed E-state index contributed by atoms with van der Waals surface area (Å²) in [5.41, 5.74) is 1.39. The van der Waals surface area contributed by atoms with Crippen LogP contribution >= 0.6 is 11.6 Å². The van der Waals surface area contributed by atoms with Crippen LogP contribution in [0.25, 0.3) is 6.08 Å². The second-order valence-corrected chi connectivity index (χ2v) is 9.93. The maximum atomic E-state index is 12.2. The summed E-state index contributed by atoms with van der Waals surface area (Å²) in [5.74, 6) is -0.302. The van der Waals surface area contributed by atoms with Crippen LogP contribution in [0.1, 0.15) is 23.7 Å². The predicted octanol–water partition coefficient (Wildman–Crippen LogP) is 2.42. The van der Waals surface area contributed by atoms with Crippen LogP contribution in [0, 0.1) is 6.92 Å². The van der Waals surface area contributed by atoms with Crippen LogP contribution < -0.4 is 14.8 Å². The van der Waals surface area contributed by atoms with Crippen LogP contribution in [-0.2, 0) is 24.2 Å². The van der Waals surface area contributed by atoms with Gasteiger partial charge in [-0.3, -0.25) is 4.79 Å². The average molecular weight is 498 g/mol. The van der Waals surface area contributed by atoms with Crippen LogP contribution in [0.5, 0.6) is 11.5 Å². The molecule has 12 heteroatoms. The molecule has 1 atom stereocenters. The van der Waals surface area contributed by atoms with Crippen molar-refractivity contribution in [3.05, 3.63) is 40.7 Å². The molecule has 3 rings (SSSR count). The number of esters is 1. The van der Waals surface area contributed by atoms with E-state index in [0.29, 0.717) is 34.9 Å². The molecule has 1 aromatic carbocycles. The number of halogens is 1. The van der Waals surface area contributed by atoms with E-state index in [9.17, 15) is 18.0 Å². The van der Waals surface area contributed by atoms with Gasteiger partial charge < -0.3 is 19.5 Å². The molecule has 0 aliphatic carbocycles. The molecule has 2 heterocycles. The van der Waals surface area contributed by atoms with Crippen LogP contribution in [0.4, 0.5) is 5.69 Å². The zero-order valence-corrected chi connectivity index (χ0v) is 19.9. The summed E-state index contributed by atoms with van der Waals surface area (Å²) < 4.78 is 40.2. The Morgan fingerprint density at radius 3 is 2.70 bits per heavy atom. The Kier molecular flexibility index (Phi) is 7.65. The van der Waals surface area contributed by atoms with Crippen LogP contribution in [0.2, 0.25) is 5.15 Å². The van der Waals surface area contributed by atoms with Crippen molar-refractivity contribution < 1.29 is 32.2 Å². The van der Waals surface area contributed by atoms with E-state index in [1.165, 1.54) is 25.0 Å². The standard InChI is InChI=1S/C21H24ClN3O7S/c1-13-16(21(22)25(24-13)14-8-9-33(28,29)12-14)5-7-20(27)32-11-19(26)23-17-10-15(30-2)4-6-18(17)31-3/h4-7,10,14H,8-9,11-12H2,1-3H3,(H,23,26)/b7-5+/t14-/m1/s1. The molecule has 33 heavy (non-hydrogen) atoms. The van der Waals surface area contributed by atoms with Gasteiger partial charge in [-0.15, -0.1) is 0 Å². The molecule has 178 valence electrons. The van der Waals surface area contributed by atoms with Crippen molar-refractivity contribution in [2.45, 2.75) is 19.4 Å². The fourth-order valence-electron chi connectivity index (χ4n) is 3.37. The number of rotatable bonds is 8. The van der Waals surface area contributed by atoms with Gasteiger partial charge in [-0.2, -0.15) is 5.10 Å². The largest absolute Gasteiger partial charge is 0.497 e. The number of amides is 1. The minimum absolute atomic E-state index is 0.0216. The van der Waals surface area contributed by atoms with Gasteiger partial charge in [-0.1, -0.05) is 11.6 Å². The lowest BCUT2D eigenvalue weighted by Crippen LogP contribution is -2.20. The molecular weight excluding hydrogens is 474 g/mol. The first-order chi connectivity index (χ1) is 15.6. The molecule has 2 aromatic rings. The maximum Gasteiger partial charge on any atom is 0.331 e. The third kappa shape index (κ3) is 6.05. The first kappa shape index (κ1) is 24.6. The first-order valence-corrected chi connectivity index (χ1v) is 12.1. The highest BCUT2D eigenvalue weighted by Gasteiger charge is 2.31. The van der Waals surface area contributed by atoms with Gasteiger partial charge in [0.2, 0.25) is 0 Å². The minimum Gasteiger partial charge on any atom is -0.497 e. The van der Waals surface area contributed by atoms with Gasteiger partial charge in [0.05, 0.1) is 43.1 Å². The van der Waals surface area contributed by atoms with E-state index < -0.39 is 28.3 Å². The number of methoxy groups -OCH3 is 2. The monoisotopic (exact) mass is 497 g/mol.